The highest BCUT2D eigenvalue weighted by molar-refractivity contribution is 9.10. The Kier molecular flexibility index (Phi) is 5.84. The van der Waals surface area contributed by atoms with Crippen LogP contribution in [-0.2, 0) is 4.79 Å². The number of carbonyl (C=O) groups is 4. The molecule has 0 radical (unpaired) electrons. The first-order chi connectivity index (χ1) is 13.4. The number of hydrogen-bond acceptors (Lipinski definition) is 4. The van der Waals surface area contributed by atoms with Crippen LogP contribution in [0.2, 0.25) is 0 Å². The SMILES string of the molecule is O=C(CCCN1C(=O)c2ccc(Br)cc2C1=O)NNC(=O)c1ccccc1F. The number of halogens is 2. The summed E-state index contributed by atoms with van der Waals surface area (Å²) in [6.45, 7) is 0.0681. The molecule has 0 saturated carbocycles. The predicted octanol–water partition coefficient (Wildman–Crippen LogP) is 2.43. The van der Waals surface area contributed by atoms with Crippen molar-refractivity contribution in [1.29, 1.82) is 0 Å². The van der Waals surface area contributed by atoms with Crippen LogP contribution in [0.15, 0.2) is 46.9 Å². The minimum atomic E-state index is -0.780. The van der Waals surface area contributed by atoms with Gasteiger partial charge in [0.05, 0.1) is 16.7 Å². The van der Waals surface area contributed by atoms with Crippen LogP contribution in [0, 0.1) is 5.82 Å². The van der Waals surface area contributed by atoms with Crippen molar-refractivity contribution < 1.29 is 23.6 Å². The van der Waals surface area contributed by atoms with E-state index in [1.807, 2.05) is 0 Å². The summed E-state index contributed by atoms with van der Waals surface area (Å²) < 4.78 is 14.2. The third-order valence-electron chi connectivity index (χ3n) is 4.15. The Morgan fingerprint density at radius 2 is 1.71 bits per heavy atom. The van der Waals surface area contributed by atoms with E-state index in [0.717, 1.165) is 11.0 Å². The van der Waals surface area contributed by atoms with Crippen molar-refractivity contribution in [3.05, 3.63) is 69.4 Å². The number of imide groups is 1. The molecule has 1 aliphatic heterocycles. The lowest BCUT2D eigenvalue weighted by atomic mass is 10.1. The Morgan fingerprint density at radius 1 is 1.00 bits per heavy atom. The summed E-state index contributed by atoms with van der Waals surface area (Å²) in [6, 6.07) is 10.2. The Balaban J connectivity index is 1.47. The number of nitrogens with zero attached hydrogens (tertiary/aromatic N) is 1. The van der Waals surface area contributed by atoms with Crippen LogP contribution in [0.25, 0.3) is 0 Å². The van der Waals surface area contributed by atoms with Crippen LogP contribution in [0.3, 0.4) is 0 Å². The molecule has 0 spiro atoms. The zero-order chi connectivity index (χ0) is 20.3. The van der Waals surface area contributed by atoms with Crippen LogP contribution in [0.5, 0.6) is 0 Å². The van der Waals surface area contributed by atoms with E-state index in [4.69, 9.17) is 0 Å². The van der Waals surface area contributed by atoms with Crippen molar-refractivity contribution in [1.82, 2.24) is 15.8 Å². The third kappa shape index (κ3) is 4.09. The van der Waals surface area contributed by atoms with E-state index in [1.54, 1.807) is 18.2 Å². The van der Waals surface area contributed by atoms with E-state index >= 15 is 0 Å². The molecule has 0 fully saturated rings. The van der Waals surface area contributed by atoms with E-state index < -0.39 is 29.4 Å². The number of rotatable bonds is 5. The largest absolute Gasteiger partial charge is 0.274 e. The fraction of sp³-hybridized carbons (Fsp3) is 0.158. The molecule has 0 unspecified atom stereocenters. The number of nitrogens with one attached hydrogen (secondary N) is 2. The lowest BCUT2D eigenvalue weighted by molar-refractivity contribution is -0.122. The number of hydrogen-bond donors (Lipinski definition) is 2. The lowest BCUT2D eigenvalue weighted by Crippen LogP contribution is -2.42. The molecule has 4 amide bonds. The van der Waals surface area contributed by atoms with Gasteiger partial charge in [0.2, 0.25) is 5.91 Å². The first kappa shape index (κ1) is 19.7. The molecule has 28 heavy (non-hydrogen) atoms. The molecule has 1 aliphatic rings. The van der Waals surface area contributed by atoms with Crippen LogP contribution in [-0.4, -0.2) is 35.1 Å². The van der Waals surface area contributed by atoms with E-state index in [1.165, 1.54) is 18.2 Å². The minimum absolute atomic E-state index is 0.0331. The Morgan fingerprint density at radius 3 is 2.46 bits per heavy atom. The molecule has 144 valence electrons. The van der Waals surface area contributed by atoms with Gasteiger partial charge in [0.15, 0.2) is 0 Å². The van der Waals surface area contributed by atoms with Gasteiger partial charge in [-0.3, -0.25) is 34.9 Å². The second-order valence-electron chi connectivity index (χ2n) is 6.04. The van der Waals surface area contributed by atoms with Crippen molar-refractivity contribution >= 4 is 39.6 Å². The second-order valence-corrected chi connectivity index (χ2v) is 6.95. The molecule has 0 saturated heterocycles. The maximum atomic E-state index is 13.5. The summed E-state index contributed by atoms with van der Waals surface area (Å²) in [5.74, 6) is -2.82. The predicted molar refractivity (Wildman–Crippen MR) is 101 cm³/mol. The number of benzene rings is 2. The highest BCUT2D eigenvalue weighted by Gasteiger charge is 2.35. The van der Waals surface area contributed by atoms with Gasteiger partial charge in [0.25, 0.3) is 17.7 Å². The quantitative estimate of drug-likeness (QED) is 0.543. The van der Waals surface area contributed by atoms with Crippen molar-refractivity contribution in [3.8, 4) is 0 Å². The molecule has 7 nitrogen and oxygen atoms in total. The number of hydrazine groups is 1. The van der Waals surface area contributed by atoms with Crippen molar-refractivity contribution in [3.63, 3.8) is 0 Å². The molecular formula is C19H15BrFN3O4. The van der Waals surface area contributed by atoms with Gasteiger partial charge in [-0.05, 0) is 36.8 Å². The Labute approximate surface area is 168 Å². The fourth-order valence-corrected chi connectivity index (χ4v) is 3.13. The summed E-state index contributed by atoms with van der Waals surface area (Å²) in [4.78, 5) is 49.4. The number of fused-ring (bicyclic) bond motifs is 1. The Hall–Kier alpha value is -3.07. The van der Waals surface area contributed by atoms with Crippen LogP contribution in [0.1, 0.15) is 43.9 Å². The van der Waals surface area contributed by atoms with Crippen molar-refractivity contribution in [2.75, 3.05) is 6.54 Å². The third-order valence-corrected chi connectivity index (χ3v) is 4.65. The number of amides is 4. The van der Waals surface area contributed by atoms with E-state index in [-0.39, 0.29) is 24.9 Å². The normalized spacial score (nSPS) is 12.7. The first-order valence-corrected chi connectivity index (χ1v) is 9.17. The van der Waals surface area contributed by atoms with Gasteiger partial charge in [-0.2, -0.15) is 0 Å². The highest BCUT2D eigenvalue weighted by Crippen LogP contribution is 2.26. The lowest BCUT2D eigenvalue weighted by Gasteiger charge is -2.13. The zero-order valence-corrected chi connectivity index (χ0v) is 16.1. The minimum Gasteiger partial charge on any atom is -0.274 e. The molecule has 2 aromatic rings. The second kappa shape index (κ2) is 8.30. The summed E-state index contributed by atoms with van der Waals surface area (Å²) in [5.41, 5.74) is 4.76. The summed E-state index contributed by atoms with van der Waals surface area (Å²) in [5, 5.41) is 0. The molecule has 1 heterocycles. The van der Waals surface area contributed by atoms with E-state index in [9.17, 15) is 23.6 Å². The van der Waals surface area contributed by atoms with Crippen LogP contribution in [0.4, 0.5) is 4.39 Å². The van der Waals surface area contributed by atoms with Gasteiger partial charge < -0.3 is 0 Å². The van der Waals surface area contributed by atoms with Crippen LogP contribution < -0.4 is 10.9 Å². The highest BCUT2D eigenvalue weighted by atomic mass is 79.9. The summed E-state index contributed by atoms with van der Waals surface area (Å²) >= 11 is 3.26. The molecule has 2 aromatic carbocycles. The van der Waals surface area contributed by atoms with E-state index in [0.29, 0.717) is 15.6 Å². The van der Waals surface area contributed by atoms with Gasteiger partial charge in [0.1, 0.15) is 5.82 Å². The summed E-state index contributed by atoms with van der Waals surface area (Å²) in [7, 11) is 0. The standard InChI is InChI=1S/C19H15BrFN3O4/c20-11-7-8-12-14(10-11)19(28)24(18(12)27)9-3-6-16(25)22-23-17(26)13-4-1-2-5-15(13)21/h1-2,4-5,7-8,10H,3,6,9H2,(H,22,25)(H,23,26). The first-order valence-electron chi connectivity index (χ1n) is 8.38. The molecule has 0 bridgehead atoms. The maximum absolute atomic E-state index is 13.5. The topological polar surface area (TPSA) is 95.6 Å². The smallest absolute Gasteiger partial charge is 0.272 e. The molecule has 0 aromatic heterocycles. The van der Waals surface area contributed by atoms with Gasteiger partial charge in [0, 0.05) is 17.4 Å². The van der Waals surface area contributed by atoms with E-state index in [2.05, 4.69) is 26.8 Å². The molecule has 0 atom stereocenters. The van der Waals surface area contributed by atoms with Crippen LogP contribution >= 0.6 is 15.9 Å². The Bertz CT molecular complexity index is 979. The van der Waals surface area contributed by atoms with Gasteiger partial charge in [-0.1, -0.05) is 28.1 Å². The molecule has 2 N–H and O–H groups in total. The molecule has 9 heteroatoms. The average molecular weight is 448 g/mol. The monoisotopic (exact) mass is 447 g/mol. The van der Waals surface area contributed by atoms with Gasteiger partial charge >= 0.3 is 0 Å². The number of carbonyl (C=O) groups excluding carboxylic acids is 4. The molecular weight excluding hydrogens is 433 g/mol. The zero-order valence-electron chi connectivity index (χ0n) is 14.5. The molecule has 0 aliphatic carbocycles. The average Bonchev–Trinajstić information content (AvgIpc) is 2.90. The van der Waals surface area contributed by atoms with Gasteiger partial charge in [-0.25, -0.2) is 4.39 Å². The molecule has 3 rings (SSSR count). The summed E-state index contributed by atoms with van der Waals surface area (Å²) in [6.07, 6.45) is 0.183. The van der Waals surface area contributed by atoms with Gasteiger partial charge in [-0.15, -0.1) is 0 Å². The fourth-order valence-electron chi connectivity index (χ4n) is 2.77. The maximum Gasteiger partial charge on any atom is 0.272 e. The van der Waals surface area contributed by atoms with Crippen molar-refractivity contribution in [2.24, 2.45) is 0 Å². The van der Waals surface area contributed by atoms with Crippen molar-refractivity contribution in [2.45, 2.75) is 12.8 Å².